The zero-order valence-electron chi connectivity index (χ0n) is 8.77. The molecule has 0 heterocycles. The van der Waals surface area contributed by atoms with Crippen molar-refractivity contribution in [3.05, 3.63) is 0 Å². The van der Waals surface area contributed by atoms with Gasteiger partial charge in [0.05, 0.1) is 6.10 Å². The minimum atomic E-state index is -4.36. The molecule has 86 valence electrons. The van der Waals surface area contributed by atoms with Crippen LogP contribution in [0.3, 0.4) is 0 Å². The van der Waals surface area contributed by atoms with E-state index in [1.165, 1.54) is 0 Å². The fourth-order valence-electron chi connectivity index (χ4n) is 1.27. The number of nitrogens with two attached hydrogens (primary N) is 1. The summed E-state index contributed by atoms with van der Waals surface area (Å²) in [6, 6.07) is 0. The lowest BCUT2D eigenvalue weighted by Gasteiger charge is -2.24. The van der Waals surface area contributed by atoms with Crippen molar-refractivity contribution in [3.63, 3.8) is 0 Å². The van der Waals surface area contributed by atoms with E-state index in [9.17, 15) is 13.2 Å². The van der Waals surface area contributed by atoms with Crippen molar-refractivity contribution in [2.45, 2.75) is 45.6 Å². The minimum Gasteiger partial charge on any atom is -0.364 e. The Morgan fingerprint density at radius 2 is 1.71 bits per heavy atom. The van der Waals surface area contributed by atoms with Gasteiger partial charge in [0.1, 0.15) is 0 Å². The van der Waals surface area contributed by atoms with Crippen molar-refractivity contribution in [1.82, 2.24) is 0 Å². The van der Waals surface area contributed by atoms with E-state index in [-0.39, 0.29) is 0 Å². The molecule has 0 rings (SSSR count). The first kappa shape index (κ1) is 13.7. The topological polar surface area (TPSA) is 35.2 Å². The summed E-state index contributed by atoms with van der Waals surface area (Å²) in [6.45, 7) is 4.98. The number of ether oxygens (including phenoxy) is 1. The molecule has 0 aromatic rings. The minimum absolute atomic E-state index is 0.316. The molecule has 0 aliphatic rings. The molecular formula is C9H18F3NO. The molecule has 0 aromatic carbocycles. The number of hydrogen-bond donors (Lipinski definition) is 1. The fourth-order valence-corrected chi connectivity index (χ4v) is 1.27. The zero-order chi connectivity index (χ0) is 11.4. The predicted molar refractivity (Wildman–Crippen MR) is 48.9 cm³/mol. The second kappa shape index (κ2) is 5.56. The molecule has 0 aliphatic heterocycles. The molecule has 0 bridgehead atoms. The number of alkyl halides is 3. The number of hydrogen-bond acceptors (Lipinski definition) is 2. The molecule has 0 aliphatic carbocycles. The molecule has 0 spiro atoms. The third-order valence-corrected chi connectivity index (χ3v) is 1.78. The Morgan fingerprint density at radius 3 is 2.00 bits per heavy atom. The Kier molecular flexibility index (Phi) is 5.44. The van der Waals surface area contributed by atoms with Gasteiger partial charge >= 0.3 is 6.18 Å². The molecule has 0 amide bonds. The smallest absolute Gasteiger partial charge is 0.364 e. The standard InChI is InChI=1S/C9H18F3NO/c1-6(2)4-7(3)14-8(5-13)9(10,11)12/h6-8H,4-5,13H2,1-3H3. The van der Waals surface area contributed by atoms with Crippen LogP contribution in [0.4, 0.5) is 13.2 Å². The molecule has 0 fully saturated rings. The highest BCUT2D eigenvalue weighted by Gasteiger charge is 2.40. The van der Waals surface area contributed by atoms with Crippen LogP contribution >= 0.6 is 0 Å². The molecule has 0 saturated carbocycles. The molecule has 5 heteroatoms. The van der Waals surface area contributed by atoms with Gasteiger partial charge in [-0.1, -0.05) is 13.8 Å². The summed E-state index contributed by atoms with van der Waals surface area (Å²) < 4.78 is 41.5. The van der Waals surface area contributed by atoms with Crippen molar-refractivity contribution in [2.24, 2.45) is 11.7 Å². The Bertz CT molecular complexity index is 159. The van der Waals surface area contributed by atoms with E-state index in [0.29, 0.717) is 12.3 Å². The van der Waals surface area contributed by atoms with Crippen LogP contribution < -0.4 is 5.73 Å². The van der Waals surface area contributed by atoms with Gasteiger partial charge in [0.25, 0.3) is 0 Å². The normalized spacial score (nSPS) is 17.1. The second-order valence-corrected chi connectivity index (χ2v) is 3.84. The van der Waals surface area contributed by atoms with Crippen LogP contribution in [0.1, 0.15) is 27.2 Å². The highest BCUT2D eigenvalue weighted by atomic mass is 19.4. The van der Waals surface area contributed by atoms with Gasteiger partial charge in [-0.05, 0) is 19.3 Å². The van der Waals surface area contributed by atoms with Crippen LogP contribution in [0.15, 0.2) is 0 Å². The monoisotopic (exact) mass is 213 g/mol. The predicted octanol–water partition coefficient (Wildman–Crippen LogP) is 2.33. The summed E-state index contributed by atoms with van der Waals surface area (Å²) in [6.07, 6.45) is -6.01. The van der Waals surface area contributed by atoms with Crippen molar-refractivity contribution in [3.8, 4) is 0 Å². The SMILES string of the molecule is CC(C)CC(C)OC(CN)C(F)(F)F. The first-order valence-corrected chi connectivity index (χ1v) is 4.69. The van der Waals surface area contributed by atoms with Crippen LogP contribution in [0.5, 0.6) is 0 Å². The van der Waals surface area contributed by atoms with Gasteiger partial charge in [-0.25, -0.2) is 0 Å². The lowest BCUT2D eigenvalue weighted by molar-refractivity contribution is -0.228. The molecule has 0 saturated heterocycles. The molecule has 14 heavy (non-hydrogen) atoms. The first-order chi connectivity index (χ1) is 6.27. The Hall–Kier alpha value is -0.290. The van der Waals surface area contributed by atoms with E-state index in [1.807, 2.05) is 13.8 Å². The second-order valence-electron chi connectivity index (χ2n) is 3.84. The number of halogens is 3. The average molecular weight is 213 g/mol. The van der Waals surface area contributed by atoms with Gasteiger partial charge in [0.2, 0.25) is 0 Å². The Labute approximate surface area is 82.6 Å². The van der Waals surface area contributed by atoms with Crippen molar-refractivity contribution >= 4 is 0 Å². The van der Waals surface area contributed by atoms with Crippen LogP contribution in [0, 0.1) is 5.92 Å². The molecule has 2 nitrogen and oxygen atoms in total. The first-order valence-electron chi connectivity index (χ1n) is 4.69. The van der Waals surface area contributed by atoms with E-state index in [0.717, 1.165) is 0 Å². The zero-order valence-corrected chi connectivity index (χ0v) is 8.77. The summed E-state index contributed by atoms with van der Waals surface area (Å²) in [5.74, 6) is 0.316. The van der Waals surface area contributed by atoms with E-state index >= 15 is 0 Å². The van der Waals surface area contributed by atoms with Gasteiger partial charge in [-0.3, -0.25) is 0 Å². The third kappa shape index (κ3) is 5.44. The molecule has 2 N–H and O–H groups in total. The Balaban J connectivity index is 4.06. The maximum absolute atomic E-state index is 12.2. The molecule has 0 aromatic heterocycles. The maximum atomic E-state index is 12.2. The van der Waals surface area contributed by atoms with Crippen LogP contribution in [-0.2, 0) is 4.74 Å². The van der Waals surface area contributed by atoms with Gasteiger partial charge in [0, 0.05) is 6.54 Å². The fraction of sp³-hybridized carbons (Fsp3) is 1.00. The molecule has 2 atom stereocenters. The highest BCUT2D eigenvalue weighted by Crippen LogP contribution is 2.24. The quantitative estimate of drug-likeness (QED) is 0.760. The largest absolute Gasteiger partial charge is 0.415 e. The summed E-state index contributed by atoms with van der Waals surface area (Å²) >= 11 is 0. The van der Waals surface area contributed by atoms with Crippen LogP contribution in [0.2, 0.25) is 0 Å². The lowest BCUT2D eigenvalue weighted by atomic mass is 10.1. The van der Waals surface area contributed by atoms with Gasteiger partial charge < -0.3 is 10.5 Å². The highest BCUT2D eigenvalue weighted by molar-refractivity contribution is 4.70. The summed E-state index contributed by atoms with van der Waals surface area (Å²) in [4.78, 5) is 0. The van der Waals surface area contributed by atoms with Crippen LogP contribution in [0.25, 0.3) is 0 Å². The van der Waals surface area contributed by atoms with Crippen molar-refractivity contribution in [1.29, 1.82) is 0 Å². The van der Waals surface area contributed by atoms with E-state index in [1.54, 1.807) is 6.92 Å². The third-order valence-electron chi connectivity index (χ3n) is 1.78. The van der Waals surface area contributed by atoms with Crippen LogP contribution in [-0.4, -0.2) is 24.9 Å². The van der Waals surface area contributed by atoms with Gasteiger partial charge in [-0.15, -0.1) is 0 Å². The molecule has 2 unspecified atom stereocenters. The summed E-state index contributed by atoms with van der Waals surface area (Å²) in [7, 11) is 0. The van der Waals surface area contributed by atoms with Gasteiger partial charge in [0.15, 0.2) is 6.10 Å². The number of rotatable bonds is 5. The maximum Gasteiger partial charge on any atom is 0.415 e. The molecule has 0 radical (unpaired) electrons. The average Bonchev–Trinajstić information content (AvgIpc) is 1.96. The Morgan fingerprint density at radius 1 is 1.21 bits per heavy atom. The lowest BCUT2D eigenvalue weighted by Crippen LogP contribution is -2.40. The summed E-state index contributed by atoms with van der Waals surface area (Å²) in [5.41, 5.74) is 4.99. The van der Waals surface area contributed by atoms with E-state index in [4.69, 9.17) is 10.5 Å². The molecular weight excluding hydrogens is 195 g/mol. The summed E-state index contributed by atoms with van der Waals surface area (Å²) in [5, 5.41) is 0. The van der Waals surface area contributed by atoms with Crippen molar-refractivity contribution < 1.29 is 17.9 Å². The van der Waals surface area contributed by atoms with E-state index in [2.05, 4.69) is 0 Å². The van der Waals surface area contributed by atoms with Crippen molar-refractivity contribution in [2.75, 3.05) is 6.54 Å². The van der Waals surface area contributed by atoms with Gasteiger partial charge in [-0.2, -0.15) is 13.2 Å². The van der Waals surface area contributed by atoms with E-state index < -0.39 is 24.9 Å².